The maximum atomic E-state index is 11.9. The second-order valence-corrected chi connectivity index (χ2v) is 6.04. The third-order valence-corrected chi connectivity index (χ3v) is 4.67. The number of carbonyl (C=O) groups excluding carboxylic acids is 1. The van der Waals surface area contributed by atoms with Crippen LogP contribution in [-0.4, -0.2) is 37.1 Å². The van der Waals surface area contributed by atoms with Gasteiger partial charge in [-0.25, -0.2) is 0 Å². The van der Waals surface area contributed by atoms with Gasteiger partial charge >= 0.3 is 129 Å². The van der Waals surface area contributed by atoms with Gasteiger partial charge in [-0.3, -0.25) is 0 Å². The van der Waals surface area contributed by atoms with Crippen molar-refractivity contribution in [2.45, 2.75) is 36.8 Å². The zero-order chi connectivity index (χ0) is 15.1. The Morgan fingerprint density at radius 3 is 2.90 bits per heavy atom. The van der Waals surface area contributed by atoms with E-state index < -0.39 is 0 Å². The van der Waals surface area contributed by atoms with Gasteiger partial charge < -0.3 is 0 Å². The number of benzene rings is 1. The molecule has 21 heavy (non-hydrogen) atoms. The second kappa shape index (κ2) is 8.12. The number of ether oxygens (including phenoxy) is 1. The van der Waals surface area contributed by atoms with Gasteiger partial charge in [0.15, 0.2) is 0 Å². The Balaban J connectivity index is 1.90. The molecule has 1 aromatic rings. The van der Waals surface area contributed by atoms with Crippen molar-refractivity contribution in [1.82, 2.24) is 0 Å². The van der Waals surface area contributed by atoms with Crippen molar-refractivity contribution in [2.24, 2.45) is 10.9 Å². The number of esters is 1. The van der Waals surface area contributed by atoms with E-state index in [0.717, 1.165) is 11.3 Å². The van der Waals surface area contributed by atoms with Gasteiger partial charge in [-0.15, -0.1) is 0 Å². The van der Waals surface area contributed by atoms with E-state index >= 15 is 0 Å². The van der Waals surface area contributed by atoms with Crippen molar-refractivity contribution >= 4 is 31.0 Å². The summed E-state index contributed by atoms with van der Waals surface area (Å²) in [6.07, 6.45) is 2.46. The standard InChI is InChI=1S/C15H18BNO3S/c1-2-13(17-10-16-19)14-8-11(15(18)20-14)9-21-12-6-4-3-5-7-12/h3-7,10-11,13-14H,2,8-9H2,1H3. The molecular weight excluding hydrogens is 285 g/mol. The number of thioether (sulfide) groups is 1. The van der Waals surface area contributed by atoms with E-state index in [-0.39, 0.29) is 24.0 Å². The number of hydrogen-bond donors (Lipinski definition) is 0. The molecule has 0 bridgehead atoms. The van der Waals surface area contributed by atoms with Gasteiger partial charge in [-0.1, -0.05) is 0 Å². The molecule has 0 amide bonds. The maximum absolute atomic E-state index is 11.9. The Morgan fingerprint density at radius 2 is 2.24 bits per heavy atom. The van der Waals surface area contributed by atoms with Crippen LogP contribution in [0.4, 0.5) is 0 Å². The fourth-order valence-corrected chi connectivity index (χ4v) is 3.38. The molecule has 1 aromatic carbocycles. The van der Waals surface area contributed by atoms with Gasteiger partial charge in [-0.05, 0) is 0 Å². The van der Waals surface area contributed by atoms with Crippen LogP contribution in [0.15, 0.2) is 40.2 Å². The number of nitrogens with zero attached hydrogens (tertiary/aromatic N) is 1. The monoisotopic (exact) mass is 303 g/mol. The molecule has 3 unspecified atom stereocenters. The van der Waals surface area contributed by atoms with Crippen molar-refractivity contribution in [2.75, 3.05) is 5.75 Å². The Labute approximate surface area is 129 Å². The van der Waals surface area contributed by atoms with Crippen molar-refractivity contribution in [3.8, 4) is 0 Å². The van der Waals surface area contributed by atoms with Crippen LogP contribution >= 0.6 is 11.8 Å². The summed E-state index contributed by atoms with van der Waals surface area (Å²) in [5, 5.41) is 0. The molecule has 0 spiro atoms. The average Bonchev–Trinajstić information content (AvgIpc) is 2.88. The molecule has 1 fully saturated rings. The van der Waals surface area contributed by atoms with Crippen LogP contribution in [0.2, 0.25) is 0 Å². The Bertz CT molecular complexity index is 509. The van der Waals surface area contributed by atoms with E-state index in [4.69, 9.17) is 4.74 Å². The fraction of sp³-hybridized carbons (Fsp3) is 0.467. The number of cyclic esters (lactones) is 1. The van der Waals surface area contributed by atoms with Gasteiger partial charge in [0.2, 0.25) is 0 Å². The fourth-order valence-electron chi connectivity index (χ4n) is 2.37. The van der Waals surface area contributed by atoms with E-state index in [0.29, 0.717) is 19.3 Å². The van der Waals surface area contributed by atoms with Crippen molar-refractivity contribution in [1.29, 1.82) is 0 Å². The molecular formula is C15H18BNO3S. The first-order valence-corrected chi connectivity index (χ1v) is 8.08. The Morgan fingerprint density at radius 1 is 1.48 bits per heavy atom. The molecule has 2 rings (SSSR count). The molecule has 1 aliphatic heterocycles. The number of rotatable bonds is 7. The van der Waals surface area contributed by atoms with E-state index in [1.807, 2.05) is 37.3 Å². The van der Waals surface area contributed by atoms with E-state index in [2.05, 4.69) is 4.99 Å². The third kappa shape index (κ3) is 4.53. The summed E-state index contributed by atoms with van der Waals surface area (Å²) in [7, 11) is 0.655. The second-order valence-electron chi connectivity index (χ2n) is 4.94. The van der Waals surface area contributed by atoms with Crippen molar-refractivity contribution in [3.63, 3.8) is 0 Å². The molecule has 3 atom stereocenters. The first-order chi connectivity index (χ1) is 10.2. The van der Waals surface area contributed by atoms with Crippen molar-refractivity contribution in [3.05, 3.63) is 30.3 Å². The Hall–Kier alpha value is -1.43. The summed E-state index contributed by atoms with van der Waals surface area (Å²) in [5.41, 5.74) is 0. The predicted molar refractivity (Wildman–Crippen MR) is 84.2 cm³/mol. The number of carbonyl (C=O) groups is 1. The van der Waals surface area contributed by atoms with Crippen LogP contribution in [0.5, 0.6) is 0 Å². The van der Waals surface area contributed by atoms with E-state index in [9.17, 15) is 9.50 Å². The van der Waals surface area contributed by atoms with Gasteiger partial charge in [0.1, 0.15) is 0 Å². The predicted octanol–water partition coefficient (Wildman–Crippen LogP) is 2.57. The molecule has 0 N–H and O–H groups in total. The molecule has 0 aliphatic carbocycles. The van der Waals surface area contributed by atoms with Crippen molar-refractivity contribution < 1.29 is 14.2 Å². The molecule has 1 saturated heterocycles. The molecule has 1 aliphatic rings. The normalized spacial score (nSPS) is 23.0. The summed E-state index contributed by atoms with van der Waals surface area (Å²) in [4.78, 5) is 17.2. The van der Waals surface area contributed by atoms with E-state index in [1.165, 1.54) is 6.11 Å². The molecule has 110 valence electrons. The molecule has 6 heteroatoms. The quantitative estimate of drug-likeness (QED) is 0.336. The summed E-state index contributed by atoms with van der Waals surface area (Å²) in [5.74, 6) is 0.469. The molecule has 0 radical (unpaired) electrons. The van der Waals surface area contributed by atoms with Crippen LogP contribution in [0.3, 0.4) is 0 Å². The molecule has 4 nitrogen and oxygen atoms in total. The zero-order valence-electron chi connectivity index (χ0n) is 12.0. The van der Waals surface area contributed by atoms with Crippen LogP contribution in [0.1, 0.15) is 19.8 Å². The first-order valence-electron chi connectivity index (χ1n) is 7.09. The molecule has 0 aromatic heterocycles. The average molecular weight is 303 g/mol. The van der Waals surface area contributed by atoms with Gasteiger partial charge in [-0.2, -0.15) is 0 Å². The topological polar surface area (TPSA) is 55.7 Å². The zero-order valence-corrected chi connectivity index (χ0v) is 12.8. The summed E-state index contributed by atoms with van der Waals surface area (Å²) < 4.78 is 15.8. The minimum absolute atomic E-state index is 0.0966. The first kappa shape index (κ1) is 16.0. The van der Waals surface area contributed by atoms with Gasteiger partial charge in [0, 0.05) is 0 Å². The SMILES string of the molecule is CCC(N=CB=O)C1CC(CSc2ccccc2)C(=O)O1. The Kier molecular flexibility index (Phi) is 6.17. The van der Waals surface area contributed by atoms with E-state index in [1.54, 1.807) is 11.8 Å². The van der Waals surface area contributed by atoms with Crippen LogP contribution in [0, 0.1) is 5.92 Å². The van der Waals surface area contributed by atoms with Crippen LogP contribution in [-0.2, 0) is 14.2 Å². The molecule has 1 heterocycles. The molecule has 0 saturated carbocycles. The summed E-state index contributed by atoms with van der Waals surface area (Å²) >= 11 is 1.67. The van der Waals surface area contributed by atoms with Gasteiger partial charge in [0.05, 0.1) is 0 Å². The third-order valence-electron chi connectivity index (χ3n) is 3.50. The minimum atomic E-state index is -0.208. The summed E-state index contributed by atoms with van der Waals surface area (Å²) in [6, 6.07) is 9.89. The number of hydrogen-bond acceptors (Lipinski definition) is 5. The van der Waals surface area contributed by atoms with Crippen LogP contribution in [0.25, 0.3) is 0 Å². The van der Waals surface area contributed by atoms with Crippen LogP contribution < -0.4 is 0 Å². The summed E-state index contributed by atoms with van der Waals surface area (Å²) in [6.45, 7) is 1.98. The number of aliphatic imine (C=N–C) groups is 1. The van der Waals surface area contributed by atoms with Gasteiger partial charge in [0.25, 0.3) is 0 Å².